The molecule has 1 heterocycles. The second kappa shape index (κ2) is 37.6. The summed E-state index contributed by atoms with van der Waals surface area (Å²) in [6.45, 7) is 30.5. The normalized spacial score (nSPS) is 27.0. The molecule has 90 heavy (non-hydrogen) atoms. The van der Waals surface area contributed by atoms with Crippen molar-refractivity contribution in [1.29, 1.82) is 0 Å². The summed E-state index contributed by atoms with van der Waals surface area (Å²) in [7, 11) is 9.87. The van der Waals surface area contributed by atoms with Gasteiger partial charge < -0.3 is 65.5 Å². The molecule has 0 aromatic heterocycles. The molecule has 0 saturated carbocycles. The number of allylic oxidation sites excluding steroid dienone is 2. The van der Waals surface area contributed by atoms with Crippen LogP contribution in [0.3, 0.4) is 0 Å². The largest absolute Gasteiger partial charge is 0.459 e. The molecule has 1 fully saturated rings. The number of amides is 11. The summed E-state index contributed by atoms with van der Waals surface area (Å²) in [6, 6.07) is -14.1. The van der Waals surface area contributed by atoms with Gasteiger partial charge in [0.25, 0.3) is 0 Å². The van der Waals surface area contributed by atoms with E-state index >= 15 is 19.2 Å². The summed E-state index contributed by atoms with van der Waals surface area (Å²) < 4.78 is 11.4. The Hall–Kier alpha value is -6.66. The predicted octanol–water partition coefficient (Wildman–Crippen LogP) is 3.51. The van der Waals surface area contributed by atoms with Crippen LogP contribution in [0.15, 0.2) is 12.2 Å². The number of rotatable bonds is 18. The smallest absolute Gasteiger partial charge is 0.303 e. The van der Waals surface area contributed by atoms with Crippen LogP contribution in [0.25, 0.3) is 0 Å². The van der Waals surface area contributed by atoms with Crippen LogP contribution in [0.5, 0.6) is 0 Å². The van der Waals surface area contributed by atoms with Gasteiger partial charge in [0.1, 0.15) is 72.6 Å². The lowest BCUT2D eigenvalue weighted by molar-refractivity contribution is -0.164. The predicted molar refractivity (Wildman–Crippen MR) is 344 cm³/mol. The molecule has 0 bridgehead atoms. The Morgan fingerprint density at radius 1 is 0.478 bits per heavy atom. The first-order valence-electron chi connectivity index (χ1n) is 32.1. The van der Waals surface area contributed by atoms with E-state index in [1.165, 1.54) is 89.8 Å². The molecule has 11 amide bonds. The van der Waals surface area contributed by atoms with Gasteiger partial charge in [-0.1, -0.05) is 109 Å². The first-order valence-corrected chi connectivity index (χ1v) is 32.1. The van der Waals surface area contributed by atoms with Gasteiger partial charge in [-0.3, -0.25) is 57.5 Å². The van der Waals surface area contributed by atoms with E-state index in [9.17, 15) is 38.4 Å². The third kappa shape index (κ3) is 22.6. The molecule has 0 aromatic carbocycles. The fourth-order valence-electron chi connectivity index (χ4n) is 11.4. The Balaban J connectivity index is 4.51. The zero-order chi connectivity index (χ0) is 69.7. The maximum atomic E-state index is 15.4. The lowest BCUT2D eigenvalue weighted by Gasteiger charge is -2.42. The lowest BCUT2D eigenvalue weighted by atomic mass is 9.91. The van der Waals surface area contributed by atoms with E-state index in [1.54, 1.807) is 68.4 Å². The number of esters is 1. The lowest BCUT2D eigenvalue weighted by Crippen LogP contribution is -2.64. The molecule has 1 aliphatic rings. The number of ether oxygens (including phenoxy) is 2. The Morgan fingerprint density at radius 2 is 0.922 bits per heavy atom. The van der Waals surface area contributed by atoms with E-state index in [1.807, 2.05) is 47.6 Å². The van der Waals surface area contributed by atoms with E-state index in [0.717, 1.165) is 9.80 Å². The third-order valence-corrected chi connectivity index (χ3v) is 16.8. The molecule has 25 heteroatoms. The van der Waals surface area contributed by atoms with Gasteiger partial charge in [0, 0.05) is 62.2 Å². The number of carbonyl (C=O) groups is 12. The van der Waals surface area contributed by atoms with E-state index in [2.05, 4.69) is 26.6 Å². The molecule has 25 nitrogen and oxygen atoms in total. The van der Waals surface area contributed by atoms with Gasteiger partial charge in [-0.05, 0) is 94.8 Å². The van der Waals surface area contributed by atoms with Crippen molar-refractivity contribution in [2.24, 2.45) is 41.4 Å². The summed E-state index contributed by atoms with van der Waals surface area (Å²) in [5.74, 6) is -11.7. The SMILES string of the molecule is C/C=C/C[C@@H](C)[C@@H](OC(C)=O)C1C(=O)N[C@@H](CC)C(=O)N(C)[C@H](CC)C(=O)N[C@@H]([C@H](C)COC)C(=O)N[C@@H](C(C)C)C(=O)N(C)[C@@H](CC(C)C)C(=O)N[C@@H](C)C(=O)N[C@H](C)C(=O)N(C)[C@@H](CC(C)C)C(=O)N(C)[C@@H](CC(C)C)C(=O)N(C)[C@@H](C(C)C)C(=O)N1C. The van der Waals surface area contributed by atoms with Crippen molar-refractivity contribution < 1.29 is 67.0 Å². The molecule has 14 atom stereocenters. The highest BCUT2D eigenvalue weighted by Crippen LogP contribution is 2.27. The molecule has 1 saturated heterocycles. The maximum absolute atomic E-state index is 15.4. The number of hydrogen-bond donors (Lipinski definition) is 5. The fourth-order valence-corrected chi connectivity index (χ4v) is 11.4. The second-order valence-corrected chi connectivity index (χ2v) is 26.6. The number of carbonyl (C=O) groups excluding carboxylic acids is 12. The van der Waals surface area contributed by atoms with Crippen LogP contribution < -0.4 is 26.6 Å². The molecule has 0 radical (unpaired) electrons. The summed E-state index contributed by atoms with van der Waals surface area (Å²) in [5.41, 5.74) is 0. The van der Waals surface area contributed by atoms with Crippen LogP contribution in [0.2, 0.25) is 0 Å². The minimum atomic E-state index is -1.63. The van der Waals surface area contributed by atoms with E-state index < -0.39 is 167 Å². The maximum Gasteiger partial charge on any atom is 0.303 e. The van der Waals surface area contributed by atoms with Gasteiger partial charge in [0.05, 0.1) is 6.61 Å². The Labute approximate surface area is 537 Å². The van der Waals surface area contributed by atoms with Gasteiger partial charge in [-0.15, -0.1) is 0 Å². The molecular weight excluding hydrogens is 1160 g/mol. The first kappa shape index (κ1) is 81.4. The van der Waals surface area contributed by atoms with E-state index in [0.29, 0.717) is 0 Å². The molecule has 0 aromatic rings. The van der Waals surface area contributed by atoms with Crippen LogP contribution in [-0.4, -0.2) is 229 Å². The van der Waals surface area contributed by atoms with E-state index in [4.69, 9.17) is 9.47 Å². The Morgan fingerprint density at radius 3 is 1.38 bits per heavy atom. The average Bonchev–Trinajstić information content (AvgIpc) is 0.845. The number of nitrogens with zero attached hydrogens (tertiary/aromatic N) is 6. The van der Waals surface area contributed by atoms with Crippen molar-refractivity contribution in [1.82, 2.24) is 56.0 Å². The third-order valence-electron chi connectivity index (χ3n) is 16.8. The quantitative estimate of drug-likeness (QED) is 0.0970. The number of methoxy groups -OCH3 is 1. The van der Waals surface area contributed by atoms with Crippen molar-refractivity contribution in [3.05, 3.63) is 12.2 Å². The zero-order valence-corrected chi connectivity index (χ0v) is 59.0. The van der Waals surface area contributed by atoms with Gasteiger partial charge in [-0.25, -0.2) is 0 Å². The zero-order valence-electron chi connectivity index (χ0n) is 59.0. The van der Waals surface area contributed by atoms with Gasteiger partial charge >= 0.3 is 5.97 Å². The van der Waals surface area contributed by atoms with Crippen molar-refractivity contribution in [2.45, 2.75) is 236 Å². The van der Waals surface area contributed by atoms with Crippen molar-refractivity contribution >= 4 is 70.9 Å². The Kier molecular flexibility index (Phi) is 34.0. The van der Waals surface area contributed by atoms with Crippen LogP contribution in [0.4, 0.5) is 0 Å². The fraction of sp³-hybridized carbons (Fsp3) is 0.785. The highest BCUT2D eigenvalue weighted by Gasteiger charge is 2.47. The molecule has 1 unspecified atom stereocenters. The van der Waals surface area contributed by atoms with Gasteiger partial charge in [-0.2, -0.15) is 0 Å². The molecule has 1 rings (SSSR count). The molecular formula is C65H115N11O14. The minimum Gasteiger partial charge on any atom is -0.459 e. The molecule has 0 spiro atoms. The van der Waals surface area contributed by atoms with Crippen molar-refractivity contribution in [3.8, 4) is 0 Å². The second-order valence-electron chi connectivity index (χ2n) is 26.6. The summed E-state index contributed by atoms with van der Waals surface area (Å²) in [4.78, 5) is 183. The molecule has 1 aliphatic heterocycles. The minimum absolute atomic E-state index is 0.0251. The van der Waals surface area contributed by atoms with Crippen LogP contribution in [-0.2, 0) is 67.0 Å². The van der Waals surface area contributed by atoms with E-state index in [-0.39, 0.29) is 62.9 Å². The topological polar surface area (TPSA) is 303 Å². The molecule has 0 aliphatic carbocycles. The average molecular weight is 1270 g/mol. The standard InChI is InChI=1S/C65H115N11O14/c1-26-29-30-40(14)54(90-44(18)77)53-59(82)68-45(27-2)61(84)71(19)46(28-3)56(79)70-51(41(15)34-89-25)58(81)69-50(38(10)11)64(87)72(20)47(31-35(4)5)57(80)66-42(16)55(78)67-43(17)60(83)73(21)48(32-36(6)7)62(85)74(22)49(33-37(8)9)63(86)75(23)52(39(12)13)65(88)76(53)24/h26,29,35-43,45-54H,27-28,30-34H2,1-25H3,(H,66,80)(H,67,78)(H,68,82)(H,69,81)(H,70,79)/b29-26+/t40-,41-,42+,43-,45+,46-,47+,48+,49+,50+,51+,52+,53?,54-/m1/s1. The van der Waals surface area contributed by atoms with Crippen LogP contribution >= 0.6 is 0 Å². The molecule has 514 valence electrons. The van der Waals surface area contributed by atoms with Crippen molar-refractivity contribution in [2.75, 3.05) is 56.0 Å². The van der Waals surface area contributed by atoms with Gasteiger partial charge in [0.2, 0.25) is 65.0 Å². The van der Waals surface area contributed by atoms with Gasteiger partial charge in [0.15, 0.2) is 0 Å². The highest BCUT2D eigenvalue weighted by molar-refractivity contribution is 6.00. The summed E-state index contributed by atoms with van der Waals surface area (Å²) in [5, 5.41) is 13.8. The molecule has 5 N–H and O–H groups in total. The highest BCUT2D eigenvalue weighted by atomic mass is 16.5. The Bertz CT molecular complexity index is 2490. The van der Waals surface area contributed by atoms with Crippen LogP contribution in [0, 0.1) is 41.4 Å². The summed E-state index contributed by atoms with van der Waals surface area (Å²) >= 11 is 0. The number of likely N-dealkylation sites (N-methyl/N-ethyl adjacent to an activating group) is 6. The number of nitrogens with one attached hydrogen (secondary N) is 5. The monoisotopic (exact) mass is 1270 g/mol. The summed E-state index contributed by atoms with van der Waals surface area (Å²) in [6.07, 6.45) is 2.94. The van der Waals surface area contributed by atoms with Crippen molar-refractivity contribution in [3.63, 3.8) is 0 Å². The first-order chi connectivity index (χ1) is 41.7. The van der Waals surface area contributed by atoms with Crippen LogP contribution in [0.1, 0.15) is 163 Å². The number of hydrogen-bond acceptors (Lipinski definition) is 14.